The lowest BCUT2D eigenvalue weighted by Crippen LogP contribution is -2.18. The molecular weight excluding hydrogens is 320 g/mol. The number of nitrogens with two attached hydrogens (primary N) is 1. The van der Waals surface area contributed by atoms with Crippen LogP contribution in [0.1, 0.15) is 0 Å². The number of aromatic hydroxyl groups is 1. The molecule has 8 heteroatoms. The first-order chi connectivity index (χ1) is 12.1. The van der Waals surface area contributed by atoms with Crippen LogP contribution in [0, 0.1) is 5.41 Å². The molecular formula is C17H16N6O2. The van der Waals surface area contributed by atoms with Crippen molar-refractivity contribution in [2.24, 2.45) is 16.0 Å². The molecule has 0 bridgehead atoms. The highest BCUT2D eigenvalue weighted by molar-refractivity contribution is 5.98. The van der Waals surface area contributed by atoms with Gasteiger partial charge in [0.05, 0.1) is 5.52 Å². The quantitative estimate of drug-likeness (QED) is 0.332. The van der Waals surface area contributed by atoms with Gasteiger partial charge in [-0.1, -0.05) is 36.4 Å². The fourth-order valence-corrected chi connectivity index (χ4v) is 2.50. The van der Waals surface area contributed by atoms with Crippen LogP contribution in [0.15, 0.2) is 64.8 Å². The Hall–Kier alpha value is -3.68. The zero-order valence-electron chi connectivity index (χ0n) is 13.2. The van der Waals surface area contributed by atoms with Gasteiger partial charge in [0.15, 0.2) is 5.69 Å². The molecule has 0 aliphatic heterocycles. The van der Waals surface area contributed by atoms with Crippen molar-refractivity contribution in [3.05, 3.63) is 54.6 Å². The minimum atomic E-state index is -0.474. The molecule has 126 valence electrons. The number of rotatable bonds is 4. The third-order valence-corrected chi connectivity index (χ3v) is 3.53. The normalized spacial score (nSPS) is 11.0. The number of anilines is 1. The highest BCUT2D eigenvalue weighted by Gasteiger charge is 2.18. The summed E-state index contributed by atoms with van der Waals surface area (Å²) in [6, 6.07) is 16.1. The first kappa shape index (κ1) is 16.2. The SMILES string of the molecule is N=C(N)N=Nc1c(O)n(CC(=O)Nc2ccccc2)c2ccccc12. The highest BCUT2D eigenvalue weighted by Crippen LogP contribution is 2.38. The average molecular weight is 336 g/mol. The molecule has 0 spiro atoms. The molecule has 0 fully saturated rings. The number of guanidine groups is 1. The van der Waals surface area contributed by atoms with Crippen LogP contribution in [-0.4, -0.2) is 21.5 Å². The number of nitrogens with one attached hydrogen (secondary N) is 2. The van der Waals surface area contributed by atoms with Crippen molar-refractivity contribution in [2.75, 3.05) is 5.32 Å². The molecule has 3 aromatic rings. The molecule has 2 aromatic carbocycles. The molecule has 3 rings (SSSR count). The van der Waals surface area contributed by atoms with E-state index in [0.29, 0.717) is 16.6 Å². The number of benzene rings is 2. The van der Waals surface area contributed by atoms with Gasteiger partial charge in [-0.25, -0.2) is 0 Å². The maximum absolute atomic E-state index is 12.3. The van der Waals surface area contributed by atoms with E-state index in [9.17, 15) is 9.90 Å². The van der Waals surface area contributed by atoms with Crippen LogP contribution < -0.4 is 11.1 Å². The van der Waals surface area contributed by atoms with Crippen molar-refractivity contribution in [1.29, 1.82) is 5.41 Å². The monoisotopic (exact) mass is 336 g/mol. The molecule has 0 saturated carbocycles. The summed E-state index contributed by atoms with van der Waals surface area (Å²) in [5, 5.41) is 28.3. The van der Waals surface area contributed by atoms with Gasteiger partial charge in [0.25, 0.3) is 0 Å². The van der Waals surface area contributed by atoms with Gasteiger partial charge in [-0.05, 0) is 18.2 Å². The Morgan fingerprint density at radius 1 is 1.16 bits per heavy atom. The van der Waals surface area contributed by atoms with Crippen LogP contribution in [0.5, 0.6) is 5.88 Å². The Bertz CT molecular complexity index is 962. The standard InChI is InChI=1S/C17H16N6O2/c18-17(19)22-21-15-12-8-4-5-9-13(12)23(16(15)25)10-14(24)20-11-6-2-1-3-7-11/h1-9,25H,10H2,(H3,18,19)(H,20,24). The lowest BCUT2D eigenvalue weighted by atomic mass is 10.2. The number of carbonyl (C=O) groups excluding carboxylic acids is 1. The molecule has 0 aliphatic carbocycles. The van der Waals surface area contributed by atoms with E-state index < -0.39 is 5.96 Å². The van der Waals surface area contributed by atoms with Crippen molar-refractivity contribution >= 4 is 34.1 Å². The van der Waals surface area contributed by atoms with E-state index in [1.807, 2.05) is 18.2 Å². The highest BCUT2D eigenvalue weighted by atomic mass is 16.3. The number of amides is 1. The molecule has 8 nitrogen and oxygen atoms in total. The molecule has 0 saturated heterocycles. The second kappa shape index (κ2) is 6.83. The number of fused-ring (bicyclic) bond motifs is 1. The Morgan fingerprint density at radius 3 is 2.56 bits per heavy atom. The summed E-state index contributed by atoms with van der Waals surface area (Å²) in [5.74, 6) is -0.982. The largest absolute Gasteiger partial charge is 0.493 e. The van der Waals surface area contributed by atoms with Crippen molar-refractivity contribution in [1.82, 2.24) is 4.57 Å². The third-order valence-electron chi connectivity index (χ3n) is 3.53. The summed E-state index contributed by atoms with van der Waals surface area (Å²) < 4.78 is 1.43. The van der Waals surface area contributed by atoms with Crippen LogP contribution in [0.2, 0.25) is 0 Å². The number of para-hydroxylation sites is 2. The van der Waals surface area contributed by atoms with Crippen molar-refractivity contribution in [2.45, 2.75) is 6.54 Å². The Labute approximate surface area is 143 Å². The van der Waals surface area contributed by atoms with Gasteiger partial charge in [-0.2, -0.15) is 0 Å². The van der Waals surface area contributed by atoms with Crippen molar-refractivity contribution in [3.8, 4) is 5.88 Å². The molecule has 25 heavy (non-hydrogen) atoms. The van der Waals surface area contributed by atoms with E-state index in [0.717, 1.165) is 0 Å². The van der Waals surface area contributed by atoms with Crippen molar-refractivity contribution < 1.29 is 9.90 Å². The number of azo groups is 1. The van der Waals surface area contributed by atoms with Crippen LogP contribution in [-0.2, 0) is 11.3 Å². The number of nitrogens with zero attached hydrogens (tertiary/aromatic N) is 3. The van der Waals surface area contributed by atoms with E-state index in [4.69, 9.17) is 11.1 Å². The smallest absolute Gasteiger partial charge is 0.244 e. The lowest BCUT2D eigenvalue weighted by molar-refractivity contribution is -0.116. The fourth-order valence-electron chi connectivity index (χ4n) is 2.50. The van der Waals surface area contributed by atoms with Crippen LogP contribution in [0.25, 0.3) is 10.9 Å². The molecule has 5 N–H and O–H groups in total. The van der Waals surface area contributed by atoms with Crippen LogP contribution in [0.4, 0.5) is 11.4 Å². The van der Waals surface area contributed by atoms with E-state index in [2.05, 4.69) is 15.5 Å². The maximum atomic E-state index is 12.3. The van der Waals surface area contributed by atoms with Gasteiger partial charge in [0.2, 0.25) is 17.7 Å². The molecule has 0 unspecified atom stereocenters. The predicted molar refractivity (Wildman–Crippen MR) is 95.1 cm³/mol. The zero-order valence-corrected chi connectivity index (χ0v) is 13.2. The number of hydrogen-bond donors (Lipinski definition) is 4. The minimum Gasteiger partial charge on any atom is -0.493 e. The van der Waals surface area contributed by atoms with E-state index in [1.54, 1.807) is 36.4 Å². The van der Waals surface area contributed by atoms with Crippen molar-refractivity contribution in [3.63, 3.8) is 0 Å². The summed E-state index contributed by atoms with van der Waals surface area (Å²) in [7, 11) is 0. The van der Waals surface area contributed by atoms with Gasteiger partial charge in [-0.3, -0.25) is 10.2 Å². The lowest BCUT2D eigenvalue weighted by Gasteiger charge is -2.08. The predicted octanol–water partition coefficient (Wildman–Crippen LogP) is 2.96. The average Bonchev–Trinajstić information content (AvgIpc) is 2.86. The van der Waals surface area contributed by atoms with Crippen LogP contribution >= 0.6 is 0 Å². The van der Waals surface area contributed by atoms with E-state index in [1.165, 1.54) is 4.57 Å². The van der Waals surface area contributed by atoms with E-state index in [-0.39, 0.29) is 24.0 Å². The number of carbonyl (C=O) groups is 1. The van der Waals surface area contributed by atoms with Gasteiger partial charge in [-0.15, -0.1) is 10.2 Å². The molecule has 0 radical (unpaired) electrons. The molecule has 0 atom stereocenters. The second-order valence-electron chi connectivity index (χ2n) is 5.27. The Kier molecular flexibility index (Phi) is 4.42. The Balaban J connectivity index is 1.94. The summed E-state index contributed by atoms with van der Waals surface area (Å²) in [6.45, 7) is -0.100. The summed E-state index contributed by atoms with van der Waals surface area (Å²) >= 11 is 0. The summed E-state index contributed by atoms with van der Waals surface area (Å²) in [5.41, 5.74) is 6.64. The topological polar surface area (TPSA) is 129 Å². The Morgan fingerprint density at radius 2 is 1.84 bits per heavy atom. The van der Waals surface area contributed by atoms with Crippen LogP contribution in [0.3, 0.4) is 0 Å². The maximum Gasteiger partial charge on any atom is 0.244 e. The first-order valence-corrected chi connectivity index (χ1v) is 7.47. The van der Waals surface area contributed by atoms with Gasteiger partial charge >= 0.3 is 0 Å². The second-order valence-corrected chi connectivity index (χ2v) is 5.27. The number of aromatic nitrogens is 1. The fraction of sp³-hybridized carbons (Fsp3) is 0.0588. The molecule has 1 aromatic heterocycles. The van der Waals surface area contributed by atoms with Gasteiger partial charge < -0.3 is 20.7 Å². The molecule has 1 heterocycles. The number of hydrogen-bond acceptors (Lipinski definition) is 4. The van der Waals surface area contributed by atoms with Gasteiger partial charge in [0, 0.05) is 11.1 Å². The van der Waals surface area contributed by atoms with E-state index >= 15 is 0 Å². The third kappa shape index (κ3) is 3.47. The molecule has 1 amide bonds. The van der Waals surface area contributed by atoms with Gasteiger partial charge in [0.1, 0.15) is 6.54 Å². The molecule has 0 aliphatic rings. The minimum absolute atomic E-state index is 0.100. The first-order valence-electron chi connectivity index (χ1n) is 7.47. The summed E-state index contributed by atoms with van der Waals surface area (Å²) in [4.78, 5) is 12.3. The summed E-state index contributed by atoms with van der Waals surface area (Å²) in [6.07, 6.45) is 0. The zero-order chi connectivity index (χ0) is 17.8.